The standard InChI is InChI=1S/C19H16F2N4O/c20-14-6-4-13(5-7-14)8-9-22-18-11-17(23-12-24-18)19(26)25-16-3-1-2-15(21)10-16/h1-7,10-12H,8-9H2,(H,25,26)(H,22,23,24). The molecular weight excluding hydrogens is 338 g/mol. The zero-order chi connectivity index (χ0) is 18.4. The summed E-state index contributed by atoms with van der Waals surface area (Å²) in [5.74, 6) is -0.675. The minimum Gasteiger partial charge on any atom is -0.370 e. The number of carbonyl (C=O) groups excluding carboxylic acids is 1. The van der Waals surface area contributed by atoms with Crippen LogP contribution in [0.25, 0.3) is 0 Å². The molecule has 1 amide bonds. The molecule has 0 aliphatic heterocycles. The Kier molecular flexibility index (Phi) is 5.48. The topological polar surface area (TPSA) is 66.9 Å². The van der Waals surface area contributed by atoms with Crippen molar-refractivity contribution in [3.63, 3.8) is 0 Å². The van der Waals surface area contributed by atoms with E-state index >= 15 is 0 Å². The minimum absolute atomic E-state index is 0.161. The summed E-state index contributed by atoms with van der Waals surface area (Å²) in [4.78, 5) is 20.2. The Balaban J connectivity index is 1.58. The van der Waals surface area contributed by atoms with Crippen LogP contribution in [0.3, 0.4) is 0 Å². The summed E-state index contributed by atoms with van der Waals surface area (Å²) in [5.41, 5.74) is 1.49. The molecular formula is C19H16F2N4O. The van der Waals surface area contributed by atoms with Gasteiger partial charge in [-0.05, 0) is 42.3 Å². The van der Waals surface area contributed by atoms with Crippen LogP contribution in [0.2, 0.25) is 0 Å². The fourth-order valence-electron chi connectivity index (χ4n) is 2.33. The van der Waals surface area contributed by atoms with Crippen LogP contribution in [0.4, 0.5) is 20.3 Å². The first-order valence-electron chi connectivity index (χ1n) is 7.97. The van der Waals surface area contributed by atoms with E-state index in [-0.39, 0.29) is 11.5 Å². The molecule has 0 saturated heterocycles. The molecule has 0 unspecified atom stereocenters. The van der Waals surface area contributed by atoms with Gasteiger partial charge in [0.25, 0.3) is 5.91 Å². The Morgan fingerprint density at radius 1 is 0.962 bits per heavy atom. The van der Waals surface area contributed by atoms with Gasteiger partial charge in [0.2, 0.25) is 0 Å². The first-order chi connectivity index (χ1) is 12.6. The van der Waals surface area contributed by atoms with Crippen LogP contribution in [-0.4, -0.2) is 22.4 Å². The van der Waals surface area contributed by atoms with Gasteiger partial charge in [0.1, 0.15) is 29.5 Å². The largest absolute Gasteiger partial charge is 0.370 e. The summed E-state index contributed by atoms with van der Waals surface area (Å²) in [6, 6.07) is 13.4. The normalized spacial score (nSPS) is 10.4. The smallest absolute Gasteiger partial charge is 0.274 e. The molecule has 2 N–H and O–H groups in total. The van der Waals surface area contributed by atoms with Crippen molar-refractivity contribution in [2.45, 2.75) is 6.42 Å². The summed E-state index contributed by atoms with van der Waals surface area (Å²) in [7, 11) is 0. The third-order valence-corrected chi connectivity index (χ3v) is 3.62. The zero-order valence-corrected chi connectivity index (χ0v) is 13.7. The summed E-state index contributed by atoms with van der Waals surface area (Å²) in [6.07, 6.45) is 1.95. The van der Waals surface area contributed by atoms with Gasteiger partial charge in [-0.3, -0.25) is 4.79 Å². The molecule has 3 aromatic rings. The Bertz CT molecular complexity index is 900. The molecule has 0 spiro atoms. The molecule has 0 saturated carbocycles. The molecule has 26 heavy (non-hydrogen) atoms. The summed E-state index contributed by atoms with van der Waals surface area (Å²) < 4.78 is 26.1. The summed E-state index contributed by atoms with van der Waals surface area (Å²) in [5, 5.41) is 5.67. The fourth-order valence-corrected chi connectivity index (χ4v) is 2.33. The second-order valence-corrected chi connectivity index (χ2v) is 5.56. The zero-order valence-electron chi connectivity index (χ0n) is 13.7. The molecule has 0 bridgehead atoms. The molecule has 2 aromatic carbocycles. The Hall–Kier alpha value is -3.35. The van der Waals surface area contributed by atoms with Crippen molar-refractivity contribution in [1.29, 1.82) is 0 Å². The van der Waals surface area contributed by atoms with Gasteiger partial charge in [-0.2, -0.15) is 0 Å². The van der Waals surface area contributed by atoms with E-state index < -0.39 is 11.7 Å². The maximum Gasteiger partial charge on any atom is 0.274 e. The van der Waals surface area contributed by atoms with Crippen molar-refractivity contribution in [3.8, 4) is 0 Å². The number of benzene rings is 2. The first kappa shape index (κ1) is 17.5. The number of rotatable bonds is 6. The van der Waals surface area contributed by atoms with Crippen LogP contribution >= 0.6 is 0 Å². The first-order valence-corrected chi connectivity index (χ1v) is 7.97. The number of halogens is 2. The van der Waals surface area contributed by atoms with E-state index in [0.717, 1.165) is 5.56 Å². The third-order valence-electron chi connectivity index (χ3n) is 3.62. The summed E-state index contributed by atoms with van der Waals surface area (Å²) >= 11 is 0. The number of nitrogens with zero attached hydrogens (tertiary/aromatic N) is 2. The van der Waals surface area contributed by atoms with E-state index in [1.54, 1.807) is 18.2 Å². The molecule has 0 radical (unpaired) electrons. The number of anilines is 2. The van der Waals surface area contributed by atoms with Crippen molar-refractivity contribution in [2.24, 2.45) is 0 Å². The quantitative estimate of drug-likeness (QED) is 0.709. The number of hydrogen-bond donors (Lipinski definition) is 2. The van der Waals surface area contributed by atoms with Gasteiger partial charge < -0.3 is 10.6 Å². The number of hydrogen-bond acceptors (Lipinski definition) is 4. The van der Waals surface area contributed by atoms with Gasteiger partial charge >= 0.3 is 0 Å². The molecule has 132 valence electrons. The van der Waals surface area contributed by atoms with Gasteiger partial charge in [0.15, 0.2) is 0 Å². The highest BCUT2D eigenvalue weighted by Gasteiger charge is 2.09. The number of carbonyl (C=O) groups is 1. The van der Waals surface area contributed by atoms with Crippen LogP contribution in [0.5, 0.6) is 0 Å². The molecule has 3 rings (SSSR count). The van der Waals surface area contributed by atoms with Gasteiger partial charge in [-0.25, -0.2) is 18.7 Å². The number of aromatic nitrogens is 2. The van der Waals surface area contributed by atoms with E-state index in [2.05, 4.69) is 20.6 Å². The molecule has 1 aromatic heterocycles. The van der Waals surface area contributed by atoms with Crippen molar-refractivity contribution in [3.05, 3.63) is 83.8 Å². The average Bonchev–Trinajstić information content (AvgIpc) is 2.64. The van der Waals surface area contributed by atoms with Crippen LogP contribution in [0, 0.1) is 11.6 Å². The average molecular weight is 354 g/mol. The van der Waals surface area contributed by atoms with Crippen LogP contribution in [0.1, 0.15) is 16.1 Å². The Morgan fingerprint density at radius 2 is 1.77 bits per heavy atom. The highest BCUT2D eigenvalue weighted by molar-refractivity contribution is 6.03. The highest BCUT2D eigenvalue weighted by Crippen LogP contribution is 2.12. The lowest BCUT2D eigenvalue weighted by atomic mass is 10.1. The van der Waals surface area contributed by atoms with Crippen molar-refractivity contribution >= 4 is 17.4 Å². The van der Waals surface area contributed by atoms with Gasteiger partial charge in [-0.15, -0.1) is 0 Å². The lowest BCUT2D eigenvalue weighted by Crippen LogP contribution is -2.15. The molecule has 0 aliphatic carbocycles. The van der Waals surface area contributed by atoms with Crippen molar-refractivity contribution < 1.29 is 13.6 Å². The van der Waals surface area contributed by atoms with Crippen LogP contribution < -0.4 is 10.6 Å². The van der Waals surface area contributed by atoms with Gasteiger partial charge in [0.05, 0.1) is 0 Å². The Labute approximate surface area is 149 Å². The monoisotopic (exact) mass is 354 g/mol. The lowest BCUT2D eigenvalue weighted by Gasteiger charge is -2.08. The van der Waals surface area contributed by atoms with E-state index in [0.29, 0.717) is 24.5 Å². The molecule has 1 heterocycles. The molecule has 7 heteroatoms. The second kappa shape index (κ2) is 8.15. The minimum atomic E-state index is -0.459. The third kappa shape index (κ3) is 4.83. The number of nitrogens with one attached hydrogen (secondary N) is 2. The highest BCUT2D eigenvalue weighted by atomic mass is 19.1. The Morgan fingerprint density at radius 3 is 2.54 bits per heavy atom. The van der Waals surface area contributed by atoms with Gasteiger partial charge in [0, 0.05) is 18.3 Å². The van der Waals surface area contributed by atoms with E-state index in [1.165, 1.54) is 42.7 Å². The molecule has 0 atom stereocenters. The van der Waals surface area contributed by atoms with Crippen molar-refractivity contribution in [1.82, 2.24) is 9.97 Å². The fraction of sp³-hybridized carbons (Fsp3) is 0.105. The summed E-state index contributed by atoms with van der Waals surface area (Å²) in [6.45, 7) is 0.563. The number of amides is 1. The van der Waals surface area contributed by atoms with Crippen LogP contribution in [-0.2, 0) is 6.42 Å². The van der Waals surface area contributed by atoms with Gasteiger partial charge in [-0.1, -0.05) is 18.2 Å². The van der Waals surface area contributed by atoms with Crippen molar-refractivity contribution in [2.75, 3.05) is 17.2 Å². The predicted molar refractivity (Wildman–Crippen MR) is 95.0 cm³/mol. The van der Waals surface area contributed by atoms with E-state index in [1.807, 2.05) is 0 Å². The molecule has 0 aliphatic rings. The van der Waals surface area contributed by atoms with E-state index in [4.69, 9.17) is 0 Å². The van der Waals surface area contributed by atoms with Crippen LogP contribution in [0.15, 0.2) is 60.9 Å². The SMILES string of the molecule is O=C(Nc1cccc(F)c1)c1cc(NCCc2ccc(F)cc2)ncn1. The lowest BCUT2D eigenvalue weighted by molar-refractivity contribution is 0.102. The maximum atomic E-state index is 13.2. The predicted octanol–water partition coefficient (Wildman–Crippen LogP) is 3.66. The molecule has 5 nitrogen and oxygen atoms in total. The second-order valence-electron chi connectivity index (χ2n) is 5.56. The maximum absolute atomic E-state index is 13.2. The van der Waals surface area contributed by atoms with E-state index in [9.17, 15) is 13.6 Å². The molecule has 0 fully saturated rings.